The zero-order valence-corrected chi connectivity index (χ0v) is 14.5. The van der Waals surface area contributed by atoms with Crippen LogP contribution in [0.5, 0.6) is 0 Å². The summed E-state index contributed by atoms with van der Waals surface area (Å²) >= 11 is 4.61. The topological polar surface area (TPSA) is 61.7 Å². The van der Waals surface area contributed by atoms with Gasteiger partial charge in [0.25, 0.3) is 5.91 Å². The van der Waals surface area contributed by atoms with Crippen LogP contribution < -0.4 is 5.43 Å². The smallest absolute Gasteiger partial charge is 0.281 e. The molecule has 4 nitrogen and oxygen atoms in total. The fourth-order valence-electron chi connectivity index (χ4n) is 2.56. The summed E-state index contributed by atoms with van der Waals surface area (Å²) < 4.78 is 1.04. The first-order valence-electron chi connectivity index (χ1n) is 6.95. The Morgan fingerprint density at radius 3 is 3.18 bits per heavy atom. The third-order valence-electron chi connectivity index (χ3n) is 3.54. The predicted molar refractivity (Wildman–Crippen MR) is 93.4 cm³/mol. The molecule has 0 bridgehead atoms. The van der Waals surface area contributed by atoms with Gasteiger partial charge in [0.2, 0.25) is 0 Å². The fraction of sp³-hybridized carbons (Fsp3) is 0.333. The molecule has 2 heterocycles. The summed E-state index contributed by atoms with van der Waals surface area (Å²) in [5.74, 6) is -0.191. The molecule has 0 saturated carbocycles. The van der Waals surface area contributed by atoms with Crippen molar-refractivity contribution in [3.8, 4) is 0 Å². The van der Waals surface area contributed by atoms with E-state index in [1.54, 1.807) is 29.3 Å². The van der Waals surface area contributed by atoms with Crippen LogP contribution in [0.4, 0.5) is 0 Å². The molecule has 22 heavy (non-hydrogen) atoms. The van der Waals surface area contributed by atoms with Crippen LogP contribution in [0.15, 0.2) is 26.8 Å². The van der Waals surface area contributed by atoms with E-state index in [1.165, 1.54) is 11.3 Å². The van der Waals surface area contributed by atoms with Crippen molar-refractivity contribution in [3.05, 3.63) is 38.4 Å². The van der Waals surface area contributed by atoms with Crippen molar-refractivity contribution in [3.63, 3.8) is 0 Å². The van der Waals surface area contributed by atoms with Crippen LogP contribution >= 0.6 is 34.4 Å². The van der Waals surface area contributed by atoms with E-state index in [4.69, 9.17) is 0 Å². The molecule has 0 saturated heterocycles. The number of aliphatic hydroxyl groups is 1. The van der Waals surface area contributed by atoms with Gasteiger partial charge in [-0.15, -0.1) is 34.4 Å². The number of hydrogen-bond donors (Lipinski definition) is 2. The quantitative estimate of drug-likeness (QED) is 0.501. The van der Waals surface area contributed by atoms with Crippen LogP contribution in [-0.4, -0.2) is 23.5 Å². The van der Waals surface area contributed by atoms with Crippen molar-refractivity contribution in [2.45, 2.75) is 29.6 Å². The third kappa shape index (κ3) is 3.12. The Labute approximate surface area is 141 Å². The maximum Gasteiger partial charge on any atom is 0.281 e. The zero-order valence-electron chi connectivity index (χ0n) is 12.0. The normalized spacial score (nSPS) is 17.6. The first-order valence-corrected chi connectivity index (χ1v) is 9.87. The molecule has 0 radical (unpaired) electrons. The average molecular weight is 353 g/mol. The summed E-state index contributed by atoms with van der Waals surface area (Å²) in [7, 11) is 0. The number of thioether (sulfide) groups is 1. The van der Waals surface area contributed by atoms with Crippen molar-refractivity contribution in [2.75, 3.05) is 6.26 Å². The Hall–Kier alpha value is -1.15. The summed E-state index contributed by atoms with van der Waals surface area (Å²) in [6.45, 7) is 0. The van der Waals surface area contributed by atoms with Crippen LogP contribution in [0.2, 0.25) is 0 Å². The number of aliphatic hydroxyl groups excluding tert-OH is 1. The number of rotatable bonds is 4. The molecule has 2 aromatic rings. The number of fused-ring (bicyclic) bond motifs is 1. The molecule has 0 aromatic carbocycles. The van der Waals surface area contributed by atoms with Gasteiger partial charge < -0.3 is 5.11 Å². The average Bonchev–Trinajstić information content (AvgIpc) is 3.15. The van der Waals surface area contributed by atoms with E-state index < -0.39 is 6.10 Å². The van der Waals surface area contributed by atoms with Crippen molar-refractivity contribution < 1.29 is 9.90 Å². The second-order valence-electron chi connectivity index (χ2n) is 4.94. The predicted octanol–water partition coefficient (Wildman–Crippen LogP) is 3.67. The van der Waals surface area contributed by atoms with Gasteiger partial charge in [0, 0.05) is 10.4 Å². The highest BCUT2D eigenvalue weighted by Crippen LogP contribution is 2.43. The Kier molecular flexibility index (Phi) is 4.97. The van der Waals surface area contributed by atoms with E-state index in [0.29, 0.717) is 4.88 Å². The highest BCUT2D eigenvalue weighted by atomic mass is 32.2. The third-order valence-corrected chi connectivity index (χ3v) is 6.73. The molecule has 1 aliphatic carbocycles. The number of carbonyl (C=O) groups excluding carboxylic acids is 1. The van der Waals surface area contributed by atoms with Gasteiger partial charge >= 0.3 is 0 Å². The lowest BCUT2D eigenvalue weighted by Crippen LogP contribution is -2.19. The Balaban J connectivity index is 1.81. The minimum Gasteiger partial charge on any atom is -0.388 e. The highest BCUT2D eigenvalue weighted by molar-refractivity contribution is 8.00. The molecular weight excluding hydrogens is 336 g/mol. The largest absolute Gasteiger partial charge is 0.388 e. The van der Waals surface area contributed by atoms with Crippen LogP contribution in [0.25, 0.3) is 0 Å². The first-order chi connectivity index (χ1) is 10.7. The molecule has 0 fully saturated rings. The van der Waals surface area contributed by atoms with Crippen LogP contribution in [0.3, 0.4) is 0 Å². The molecule has 116 valence electrons. The highest BCUT2D eigenvalue weighted by Gasteiger charge is 2.29. The number of nitrogens with zero attached hydrogens (tertiary/aromatic N) is 1. The standard InChI is InChI=1S/C15H16N2O2S3/c1-20-15-12-10(5-2-6-11(12)18)13(22-15)14(19)17-16-8-9-4-3-7-21-9/h3-4,7-8,11,18H,2,5-6H2,1H3,(H,17,19)/b16-8-/t11-/m1/s1. The minimum absolute atomic E-state index is 0.191. The van der Waals surface area contributed by atoms with Gasteiger partial charge in [-0.3, -0.25) is 4.79 Å². The SMILES string of the molecule is CSc1sc(C(=O)N/N=C\c2cccs2)c2c1[C@H](O)CCC2. The van der Waals surface area contributed by atoms with E-state index in [0.717, 1.165) is 39.5 Å². The number of nitrogens with one attached hydrogen (secondary N) is 1. The number of thiophene rings is 2. The lowest BCUT2D eigenvalue weighted by Gasteiger charge is -2.19. The molecular formula is C15H16N2O2S3. The zero-order chi connectivity index (χ0) is 15.5. The minimum atomic E-state index is -0.446. The molecule has 0 unspecified atom stereocenters. The molecule has 1 atom stereocenters. The van der Waals surface area contributed by atoms with Crippen molar-refractivity contribution in [2.24, 2.45) is 5.10 Å². The van der Waals surface area contributed by atoms with E-state index in [2.05, 4.69) is 10.5 Å². The first kappa shape index (κ1) is 15.7. The van der Waals surface area contributed by atoms with Crippen LogP contribution in [-0.2, 0) is 6.42 Å². The second-order valence-corrected chi connectivity index (χ2v) is 8.01. The maximum absolute atomic E-state index is 12.4. The van der Waals surface area contributed by atoms with E-state index in [-0.39, 0.29) is 5.91 Å². The Bertz CT molecular complexity index is 692. The summed E-state index contributed by atoms with van der Waals surface area (Å²) in [6, 6.07) is 3.88. The Morgan fingerprint density at radius 1 is 1.59 bits per heavy atom. The van der Waals surface area contributed by atoms with Crippen molar-refractivity contribution >= 4 is 46.6 Å². The van der Waals surface area contributed by atoms with Crippen LogP contribution in [0, 0.1) is 0 Å². The van der Waals surface area contributed by atoms with Gasteiger partial charge in [-0.2, -0.15) is 5.10 Å². The molecule has 2 aromatic heterocycles. The molecule has 1 aliphatic rings. The maximum atomic E-state index is 12.4. The van der Waals surface area contributed by atoms with Gasteiger partial charge in [0.1, 0.15) is 0 Å². The van der Waals surface area contributed by atoms with Gasteiger partial charge in [-0.1, -0.05) is 6.07 Å². The van der Waals surface area contributed by atoms with Gasteiger partial charge in [0.15, 0.2) is 0 Å². The second kappa shape index (κ2) is 6.95. The number of carbonyl (C=O) groups is 1. The molecule has 0 aliphatic heterocycles. The molecule has 3 rings (SSSR count). The van der Waals surface area contributed by atoms with E-state index in [9.17, 15) is 9.90 Å². The van der Waals surface area contributed by atoms with Crippen molar-refractivity contribution in [1.82, 2.24) is 5.43 Å². The van der Waals surface area contributed by atoms with Gasteiger partial charge in [-0.05, 0) is 42.5 Å². The number of amides is 1. The lowest BCUT2D eigenvalue weighted by molar-refractivity contribution is 0.0957. The molecule has 1 amide bonds. The summed E-state index contributed by atoms with van der Waals surface area (Å²) in [6.07, 6.45) is 5.71. The summed E-state index contributed by atoms with van der Waals surface area (Å²) in [5.41, 5.74) is 4.55. The Morgan fingerprint density at radius 2 is 2.45 bits per heavy atom. The number of hydrazone groups is 1. The molecule has 2 N–H and O–H groups in total. The summed E-state index contributed by atoms with van der Waals surface area (Å²) in [4.78, 5) is 14.1. The summed E-state index contributed by atoms with van der Waals surface area (Å²) in [5, 5.41) is 16.2. The fourth-order valence-corrected chi connectivity index (χ4v) is 5.24. The van der Waals surface area contributed by atoms with Crippen molar-refractivity contribution in [1.29, 1.82) is 0 Å². The number of hydrogen-bond acceptors (Lipinski definition) is 6. The van der Waals surface area contributed by atoms with Gasteiger partial charge in [-0.25, -0.2) is 5.43 Å². The van der Waals surface area contributed by atoms with Crippen LogP contribution in [0.1, 0.15) is 44.6 Å². The lowest BCUT2D eigenvalue weighted by atomic mass is 9.91. The molecule has 0 spiro atoms. The molecule has 7 heteroatoms. The van der Waals surface area contributed by atoms with Gasteiger partial charge in [0.05, 0.1) is 21.4 Å². The monoisotopic (exact) mass is 352 g/mol. The van der Waals surface area contributed by atoms with E-state index in [1.807, 2.05) is 23.8 Å². The van der Waals surface area contributed by atoms with E-state index >= 15 is 0 Å².